The van der Waals surface area contributed by atoms with Crippen LogP contribution in [-0.4, -0.2) is 11.3 Å². The van der Waals surface area contributed by atoms with Crippen LogP contribution in [0.15, 0.2) is 376 Å². The van der Waals surface area contributed by atoms with Gasteiger partial charge in [-0.25, -0.2) is 0 Å². The van der Waals surface area contributed by atoms with Crippen molar-refractivity contribution >= 4 is 89.8 Å². The van der Waals surface area contributed by atoms with Gasteiger partial charge >= 0.3 is 0 Å². The highest BCUT2D eigenvalue weighted by Gasteiger charge is 2.50. The van der Waals surface area contributed by atoms with E-state index in [2.05, 4.69) is 437 Å². The van der Waals surface area contributed by atoms with Crippen molar-refractivity contribution in [1.29, 1.82) is 0 Å². The molecule has 0 saturated carbocycles. The molecule has 0 N–H and O–H groups in total. The quantitative estimate of drug-likeness (QED) is 0.120. The van der Waals surface area contributed by atoms with Crippen molar-refractivity contribution in [1.82, 2.24) is 4.57 Å². The lowest BCUT2D eigenvalue weighted by atomic mass is 9.33. The number of anilines is 6. The topological polar surface area (TPSA) is 11.4 Å². The van der Waals surface area contributed by atoms with Crippen molar-refractivity contribution in [3.8, 4) is 83.6 Å². The van der Waals surface area contributed by atoms with Gasteiger partial charge in [0.05, 0.1) is 34.7 Å². The summed E-state index contributed by atoms with van der Waals surface area (Å²) in [6.07, 6.45) is 0. The van der Waals surface area contributed by atoms with E-state index in [0.717, 1.165) is 167 Å². The van der Waals surface area contributed by atoms with E-state index < -0.39 is 30.3 Å². The summed E-state index contributed by atoms with van der Waals surface area (Å²) in [6.45, 7) is 27.2. The van der Waals surface area contributed by atoms with Crippen LogP contribution in [0.5, 0.6) is 0 Å². The Bertz CT molecular complexity index is 7270. The summed E-state index contributed by atoms with van der Waals surface area (Å²) in [6, 6.07) is 128. The Kier molecular flexibility index (Phi) is 16.3. The first-order chi connectivity index (χ1) is 60.6. The van der Waals surface area contributed by atoms with Gasteiger partial charge in [-0.05, 0) is 234 Å². The average molecular weight is 1560 g/mol. The third-order valence-electron chi connectivity index (χ3n) is 26.1. The van der Waals surface area contributed by atoms with E-state index in [1.54, 1.807) is 0 Å². The first-order valence-electron chi connectivity index (χ1n) is 45.2. The lowest BCUT2D eigenvalue weighted by molar-refractivity contribution is 0.590. The highest BCUT2D eigenvalue weighted by molar-refractivity contribution is 7.00. The van der Waals surface area contributed by atoms with Gasteiger partial charge in [0.25, 0.3) is 6.71 Å². The van der Waals surface area contributed by atoms with Crippen molar-refractivity contribution in [2.75, 3.05) is 9.80 Å². The zero-order valence-electron chi connectivity index (χ0n) is 75.8. The molecular weight excluding hydrogens is 1460 g/mol. The maximum Gasteiger partial charge on any atom is 0.252 e. The Hall–Kier alpha value is -13.5. The fourth-order valence-corrected chi connectivity index (χ4v) is 20.0. The van der Waals surface area contributed by atoms with Gasteiger partial charge in [-0.2, -0.15) is 0 Å². The number of aromatic nitrogens is 1. The molecule has 1 aliphatic carbocycles. The maximum atomic E-state index is 9.93. The molecule has 1 atom stereocenters. The first-order valence-corrected chi connectivity index (χ1v) is 42.7. The van der Waals surface area contributed by atoms with Crippen LogP contribution < -0.4 is 26.2 Å². The van der Waals surface area contributed by atoms with Crippen LogP contribution in [0.1, 0.15) is 134 Å². The molecule has 0 saturated heterocycles. The Morgan fingerprint density at radius 2 is 0.711 bits per heavy atom. The summed E-state index contributed by atoms with van der Waals surface area (Å²) in [5.74, 6) is 0. The zero-order chi connectivity index (χ0) is 86.9. The molecule has 584 valence electrons. The largest absolute Gasteiger partial charge is 0.310 e. The molecule has 1 unspecified atom stereocenters. The number of nitrogens with zero attached hydrogens (tertiary/aromatic N) is 3. The van der Waals surface area contributed by atoms with Crippen molar-refractivity contribution in [2.24, 2.45) is 0 Å². The normalized spacial score (nSPS) is 14.8. The van der Waals surface area contributed by atoms with Gasteiger partial charge in [-0.15, -0.1) is 0 Å². The molecular formula is C117H98BN3. The number of rotatable bonds is 11. The molecule has 21 rings (SSSR count). The summed E-state index contributed by atoms with van der Waals surface area (Å²) in [5, 5.41) is 4.69. The Labute approximate surface area is 720 Å². The second-order valence-corrected chi connectivity index (χ2v) is 37.6. The summed E-state index contributed by atoms with van der Waals surface area (Å²) in [4.78, 5) is 5.23. The Morgan fingerprint density at radius 3 is 1.21 bits per heavy atom. The standard InChI is InChI=1S/C117H98BN3/c1-113(2,3)85-57-62-103-98(68-85)99-69-86(114(4,5)6)58-63-104(99)119(103)90-59-61-102-106(74-90)121(112-96(79-43-25-16-26-44-79)72-89(116(10,11)12)73-97(112)80-45-27-17-28-46-80)108-67-83(91-51-35-52-93-92-50-33-34-53-100(92)117(109(91)93,84-48-29-18-30-49-84)87-56-54-76-38-31-32-47-81(76)64-87)66-107-110(108)118(102)101-60-55-82(75-36-19-13-20-37-75)65-105(101)120(107)111-94(77-39-21-14-22-40-77)70-88(115(7,8)9)71-95(111)78-41-23-15-24-42-78/h13-74H,1-12H3/i13D,19D,20D,36D,37D. The highest BCUT2D eigenvalue weighted by atomic mass is 15.2. The minimum atomic E-state index is -0.896. The van der Waals surface area contributed by atoms with Crippen LogP contribution in [0.3, 0.4) is 0 Å². The SMILES string of the molecule is [2H]c1c([2H])c([2H])c(-c2ccc3c(c2)N(c2c(-c4ccccc4)cc(C(C)(C)C)cc2-c2ccccc2)c2cc(-c4cccc5c4C(c4ccccc4)(c4ccc6ccccc6c4)c4ccccc4-5)cc4c2B3c2ccc(-n3c5ccc(C(C)(C)C)cc5c5cc(C(C)(C)C)ccc53)cc2N4c2c(-c3ccccc3)cc(C(C)(C)C)cc2-c2ccccc2)c([2H])c1[2H]. The van der Waals surface area contributed by atoms with Crippen LogP contribution in [0.4, 0.5) is 34.1 Å². The molecule has 3 nitrogen and oxygen atoms in total. The molecule has 3 aliphatic rings. The minimum Gasteiger partial charge on any atom is -0.310 e. The monoisotopic (exact) mass is 1560 g/mol. The van der Waals surface area contributed by atoms with Crippen LogP contribution in [0, 0.1) is 0 Å². The molecule has 2 aliphatic heterocycles. The van der Waals surface area contributed by atoms with Gasteiger partial charge < -0.3 is 14.4 Å². The molecule has 0 fully saturated rings. The minimum absolute atomic E-state index is 0.125. The smallest absolute Gasteiger partial charge is 0.252 e. The second-order valence-electron chi connectivity index (χ2n) is 37.6. The number of hydrogen-bond donors (Lipinski definition) is 0. The van der Waals surface area contributed by atoms with Crippen molar-refractivity contribution in [3.05, 3.63) is 421 Å². The lowest BCUT2D eigenvalue weighted by Gasteiger charge is -2.46. The summed E-state index contributed by atoms with van der Waals surface area (Å²) < 4.78 is 50.2. The maximum absolute atomic E-state index is 9.93. The summed E-state index contributed by atoms with van der Waals surface area (Å²) in [5.41, 5.74) is 32.9. The number of benzene rings is 17. The number of fused-ring (bicyclic) bond motifs is 11. The second kappa shape index (κ2) is 28.3. The van der Waals surface area contributed by atoms with Gasteiger partial charge in [-0.3, -0.25) is 0 Å². The number of hydrogen-bond acceptors (Lipinski definition) is 2. The lowest BCUT2D eigenvalue weighted by Crippen LogP contribution is -2.61. The van der Waals surface area contributed by atoms with Crippen molar-refractivity contribution in [2.45, 2.75) is 110 Å². The van der Waals surface area contributed by atoms with E-state index in [-0.39, 0.29) is 39.3 Å². The van der Waals surface area contributed by atoms with E-state index in [1.807, 2.05) is 6.07 Å². The average Bonchev–Trinajstić information content (AvgIpc) is 1.14. The predicted molar refractivity (Wildman–Crippen MR) is 517 cm³/mol. The van der Waals surface area contributed by atoms with Crippen molar-refractivity contribution < 1.29 is 6.85 Å². The zero-order valence-corrected chi connectivity index (χ0v) is 70.8. The van der Waals surface area contributed by atoms with Gasteiger partial charge in [0.2, 0.25) is 0 Å². The first kappa shape index (κ1) is 69.4. The summed E-state index contributed by atoms with van der Waals surface area (Å²) >= 11 is 0. The molecule has 0 bridgehead atoms. The molecule has 17 aromatic carbocycles. The Morgan fingerprint density at radius 1 is 0.281 bits per heavy atom. The molecule has 1 aromatic heterocycles. The molecule has 121 heavy (non-hydrogen) atoms. The predicted octanol–water partition coefficient (Wildman–Crippen LogP) is 29.6. The van der Waals surface area contributed by atoms with Gasteiger partial charge in [-0.1, -0.05) is 374 Å². The molecule has 0 spiro atoms. The fraction of sp³-hybridized carbons (Fsp3) is 0.145. The molecule has 18 aromatic rings. The molecule has 0 amide bonds. The van der Waals surface area contributed by atoms with Gasteiger partial charge in [0.15, 0.2) is 0 Å². The van der Waals surface area contributed by atoms with E-state index in [4.69, 9.17) is 1.37 Å². The molecule has 4 heteroatoms. The summed E-state index contributed by atoms with van der Waals surface area (Å²) in [7, 11) is 0. The fourth-order valence-electron chi connectivity index (χ4n) is 20.0. The van der Waals surface area contributed by atoms with Crippen LogP contribution in [-0.2, 0) is 27.1 Å². The van der Waals surface area contributed by atoms with Gasteiger partial charge in [0, 0.05) is 61.5 Å². The van der Waals surface area contributed by atoms with Crippen LogP contribution in [0.2, 0.25) is 0 Å². The molecule has 0 radical (unpaired) electrons. The van der Waals surface area contributed by atoms with E-state index >= 15 is 0 Å². The molecule has 3 heterocycles. The Balaban J connectivity index is 0.993. The van der Waals surface area contributed by atoms with Crippen LogP contribution in [0.25, 0.3) is 116 Å². The van der Waals surface area contributed by atoms with E-state index in [1.165, 1.54) is 33.0 Å². The van der Waals surface area contributed by atoms with Crippen LogP contribution >= 0.6 is 0 Å². The third kappa shape index (κ3) is 12.3. The third-order valence-corrected chi connectivity index (χ3v) is 26.1. The van der Waals surface area contributed by atoms with Crippen molar-refractivity contribution in [3.63, 3.8) is 0 Å². The highest BCUT2D eigenvalue weighted by Crippen LogP contribution is 2.62. The van der Waals surface area contributed by atoms with E-state index in [0.29, 0.717) is 5.56 Å². The van der Waals surface area contributed by atoms with E-state index in [9.17, 15) is 5.48 Å². The van der Waals surface area contributed by atoms with Gasteiger partial charge in [0.1, 0.15) is 0 Å².